The van der Waals surface area contributed by atoms with Gasteiger partial charge in [-0.05, 0) is 46.3 Å². The molecule has 0 aliphatic rings. The van der Waals surface area contributed by atoms with Crippen molar-refractivity contribution in [1.29, 1.82) is 0 Å². The van der Waals surface area contributed by atoms with Crippen molar-refractivity contribution in [2.45, 2.75) is 6.18 Å². The van der Waals surface area contributed by atoms with Gasteiger partial charge in [-0.3, -0.25) is 4.79 Å². The molecule has 3 aromatic rings. The van der Waals surface area contributed by atoms with E-state index in [1.165, 1.54) is 24.4 Å². The van der Waals surface area contributed by atoms with Gasteiger partial charge < -0.3 is 5.32 Å². The molecule has 0 bridgehead atoms. The largest absolute Gasteiger partial charge is 0.443 e. The summed E-state index contributed by atoms with van der Waals surface area (Å²) in [5.41, 5.74) is 0.991. The van der Waals surface area contributed by atoms with Crippen molar-refractivity contribution in [2.75, 3.05) is 5.32 Å². The third-order valence-corrected chi connectivity index (χ3v) is 4.37. The highest BCUT2D eigenvalue weighted by Crippen LogP contribution is 2.35. The first-order valence-electron chi connectivity index (χ1n) is 6.23. The minimum Gasteiger partial charge on any atom is -0.322 e. The monoisotopic (exact) mass is 401 g/mol. The molecule has 0 fully saturated rings. The number of alkyl halides is 3. The first-order valence-corrected chi connectivity index (χ1v) is 7.84. The predicted molar refractivity (Wildman–Crippen MR) is 84.5 cm³/mol. The molecule has 0 spiro atoms. The number of halogens is 4. The number of hydrogen-bond acceptors (Lipinski definition) is 4. The van der Waals surface area contributed by atoms with Crippen LogP contribution in [0, 0.1) is 0 Å². The van der Waals surface area contributed by atoms with Crippen LogP contribution in [0.15, 0.2) is 41.1 Å². The quantitative estimate of drug-likeness (QED) is 0.631. The smallest absolute Gasteiger partial charge is 0.322 e. The summed E-state index contributed by atoms with van der Waals surface area (Å²) in [5.74, 6) is -0.424. The zero-order chi connectivity index (χ0) is 16.6. The second kappa shape index (κ2) is 5.89. The molecule has 0 saturated heterocycles. The summed E-state index contributed by atoms with van der Waals surface area (Å²) in [5, 5.41) is 1.73. The Morgan fingerprint density at radius 3 is 2.70 bits per heavy atom. The normalized spacial score (nSPS) is 11.7. The van der Waals surface area contributed by atoms with E-state index in [1.54, 1.807) is 12.1 Å². The number of carbonyl (C=O) groups is 1. The van der Waals surface area contributed by atoms with Gasteiger partial charge in [0, 0.05) is 17.4 Å². The van der Waals surface area contributed by atoms with Crippen LogP contribution >= 0.6 is 27.3 Å². The number of fused-ring (bicyclic) bond motifs is 1. The van der Waals surface area contributed by atoms with Gasteiger partial charge >= 0.3 is 6.18 Å². The molecular weight excluding hydrogens is 395 g/mol. The summed E-state index contributed by atoms with van der Waals surface area (Å²) in [6.45, 7) is 0. The molecule has 0 atom stereocenters. The summed E-state index contributed by atoms with van der Waals surface area (Å²) in [4.78, 5) is 19.7. The average Bonchev–Trinajstić information content (AvgIpc) is 2.90. The molecule has 1 aromatic carbocycles. The lowest BCUT2D eigenvalue weighted by atomic mass is 10.2. The molecule has 118 valence electrons. The first kappa shape index (κ1) is 15.9. The molecule has 0 aliphatic heterocycles. The Kier molecular flexibility index (Phi) is 4.07. The van der Waals surface area contributed by atoms with E-state index < -0.39 is 17.1 Å². The van der Waals surface area contributed by atoms with Crippen LogP contribution in [0.2, 0.25) is 0 Å². The van der Waals surface area contributed by atoms with Crippen molar-refractivity contribution in [3.05, 3.63) is 51.7 Å². The van der Waals surface area contributed by atoms with Gasteiger partial charge in [0.25, 0.3) is 5.91 Å². The van der Waals surface area contributed by atoms with Crippen LogP contribution in [-0.2, 0) is 6.18 Å². The van der Waals surface area contributed by atoms with Crippen LogP contribution in [0.4, 0.5) is 18.9 Å². The SMILES string of the molecule is O=C(Nc1ccnc(Br)c1)c1ccc2nc(C(F)(F)F)sc2c1. The molecule has 3 rings (SSSR count). The second-order valence-electron chi connectivity index (χ2n) is 4.52. The molecule has 0 radical (unpaired) electrons. The minimum atomic E-state index is -4.49. The zero-order valence-electron chi connectivity index (χ0n) is 11.2. The van der Waals surface area contributed by atoms with Crippen LogP contribution in [0.3, 0.4) is 0 Å². The molecule has 1 N–H and O–H groups in total. The van der Waals surface area contributed by atoms with Gasteiger partial charge in [-0.2, -0.15) is 13.2 Å². The second-order valence-corrected chi connectivity index (χ2v) is 6.36. The van der Waals surface area contributed by atoms with Gasteiger partial charge in [-0.25, -0.2) is 9.97 Å². The lowest BCUT2D eigenvalue weighted by Crippen LogP contribution is -2.11. The minimum absolute atomic E-state index is 0.213. The fourth-order valence-corrected chi connectivity index (χ4v) is 3.11. The molecule has 2 aromatic heterocycles. The Bertz CT molecular complexity index is 894. The van der Waals surface area contributed by atoms with Gasteiger partial charge in [0.05, 0.1) is 10.2 Å². The van der Waals surface area contributed by atoms with E-state index in [0.717, 1.165) is 0 Å². The molecule has 0 saturated carbocycles. The fraction of sp³-hybridized carbons (Fsp3) is 0.0714. The maximum atomic E-state index is 12.7. The molecular formula is C14H7BrF3N3OS. The number of nitrogens with zero attached hydrogens (tertiary/aromatic N) is 2. The van der Waals surface area contributed by atoms with Crippen molar-refractivity contribution < 1.29 is 18.0 Å². The molecule has 2 heterocycles. The van der Waals surface area contributed by atoms with E-state index in [2.05, 4.69) is 31.2 Å². The van der Waals surface area contributed by atoms with E-state index in [9.17, 15) is 18.0 Å². The van der Waals surface area contributed by atoms with Gasteiger partial charge in [0.1, 0.15) is 4.60 Å². The highest BCUT2D eigenvalue weighted by Gasteiger charge is 2.34. The number of amides is 1. The van der Waals surface area contributed by atoms with E-state index in [0.29, 0.717) is 26.3 Å². The highest BCUT2D eigenvalue weighted by molar-refractivity contribution is 9.10. The number of aromatic nitrogens is 2. The number of nitrogens with one attached hydrogen (secondary N) is 1. The highest BCUT2D eigenvalue weighted by atomic mass is 79.9. The Morgan fingerprint density at radius 2 is 2.00 bits per heavy atom. The molecule has 0 aliphatic carbocycles. The number of pyridine rings is 1. The van der Waals surface area contributed by atoms with E-state index in [4.69, 9.17) is 0 Å². The van der Waals surface area contributed by atoms with Crippen LogP contribution in [0.5, 0.6) is 0 Å². The lowest BCUT2D eigenvalue weighted by Gasteiger charge is -2.05. The predicted octanol–water partition coefficient (Wildman–Crippen LogP) is 4.72. The number of thiazole rings is 1. The number of benzene rings is 1. The van der Waals surface area contributed by atoms with Crippen molar-refractivity contribution >= 4 is 49.1 Å². The number of anilines is 1. The third-order valence-electron chi connectivity index (χ3n) is 2.88. The average molecular weight is 402 g/mol. The van der Waals surface area contributed by atoms with Gasteiger partial charge in [0.15, 0.2) is 5.01 Å². The van der Waals surface area contributed by atoms with Crippen LogP contribution in [-0.4, -0.2) is 15.9 Å². The standard InChI is InChI=1S/C14H7BrF3N3OS/c15-11-6-8(3-4-19-11)20-12(22)7-1-2-9-10(5-7)23-13(21-9)14(16,17)18/h1-6H,(H,19,20,22). The molecule has 1 amide bonds. The Hall–Kier alpha value is -2.00. The fourth-order valence-electron chi connectivity index (χ4n) is 1.87. The summed E-state index contributed by atoms with van der Waals surface area (Å²) < 4.78 is 38.9. The molecule has 4 nitrogen and oxygen atoms in total. The van der Waals surface area contributed by atoms with E-state index in [-0.39, 0.29) is 11.1 Å². The van der Waals surface area contributed by atoms with Crippen LogP contribution in [0.25, 0.3) is 10.2 Å². The van der Waals surface area contributed by atoms with Gasteiger partial charge in [-0.15, -0.1) is 11.3 Å². The summed E-state index contributed by atoms with van der Waals surface area (Å²) in [6, 6.07) is 7.46. The van der Waals surface area contributed by atoms with Crippen molar-refractivity contribution in [3.8, 4) is 0 Å². The van der Waals surface area contributed by atoms with Crippen molar-refractivity contribution in [1.82, 2.24) is 9.97 Å². The Labute approximate surface area is 140 Å². The maximum Gasteiger partial charge on any atom is 0.443 e. The summed E-state index contributed by atoms with van der Waals surface area (Å²) in [6.07, 6.45) is -2.98. The Balaban J connectivity index is 1.89. The zero-order valence-corrected chi connectivity index (χ0v) is 13.6. The maximum absolute atomic E-state index is 12.7. The third kappa shape index (κ3) is 3.50. The first-order chi connectivity index (χ1) is 10.8. The molecule has 0 unspecified atom stereocenters. The molecule has 9 heteroatoms. The number of carbonyl (C=O) groups excluding carboxylic acids is 1. The topological polar surface area (TPSA) is 54.9 Å². The van der Waals surface area contributed by atoms with E-state index >= 15 is 0 Å². The van der Waals surface area contributed by atoms with Crippen molar-refractivity contribution in [3.63, 3.8) is 0 Å². The lowest BCUT2D eigenvalue weighted by molar-refractivity contribution is -0.137. The molecule has 23 heavy (non-hydrogen) atoms. The van der Waals surface area contributed by atoms with Gasteiger partial charge in [0.2, 0.25) is 0 Å². The van der Waals surface area contributed by atoms with Crippen molar-refractivity contribution in [2.24, 2.45) is 0 Å². The summed E-state index contributed by atoms with van der Waals surface area (Å²) >= 11 is 3.70. The van der Waals surface area contributed by atoms with Crippen LogP contribution in [0.1, 0.15) is 15.4 Å². The Morgan fingerprint density at radius 1 is 1.22 bits per heavy atom. The van der Waals surface area contributed by atoms with Crippen LogP contribution < -0.4 is 5.32 Å². The summed E-state index contributed by atoms with van der Waals surface area (Å²) in [7, 11) is 0. The van der Waals surface area contributed by atoms with Gasteiger partial charge in [-0.1, -0.05) is 0 Å². The number of rotatable bonds is 2. The van der Waals surface area contributed by atoms with E-state index in [1.807, 2.05) is 0 Å². The number of hydrogen-bond donors (Lipinski definition) is 1.